The number of carbonyl (C=O) groups excluding carboxylic acids is 2. The van der Waals surface area contributed by atoms with Crippen LogP contribution in [0.3, 0.4) is 0 Å². The highest BCUT2D eigenvalue weighted by Crippen LogP contribution is 2.39. The Morgan fingerprint density at radius 3 is 3.19 bits per heavy atom. The average molecular weight is 290 g/mol. The summed E-state index contributed by atoms with van der Waals surface area (Å²) in [5.74, 6) is -0.595. The zero-order chi connectivity index (χ0) is 14.8. The molecule has 6 heteroatoms. The van der Waals surface area contributed by atoms with E-state index in [4.69, 9.17) is 4.74 Å². The summed E-state index contributed by atoms with van der Waals surface area (Å²) in [4.78, 5) is 21.1. The van der Waals surface area contributed by atoms with E-state index in [0.29, 0.717) is 19.6 Å². The van der Waals surface area contributed by atoms with Crippen LogP contribution in [0, 0.1) is 0 Å². The van der Waals surface area contributed by atoms with Crippen molar-refractivity contribution in [3.05, 3.63) is 29.3 Å². The van der Waals surface area contributed by atoms with E-state index in [0.717, 1.165) is 23.2 Å². The van der Waals surface area contributed by atoms with Gasteiger partial charge in [-0.1, -0.05) is 12.1 Å². The van der Waals surface area contributed by atoms with Crippen LogP contribution in [0.5, 0.6) is 0 Å². The lowest BCUT2D eigenvalue weighted by molar-refractivity contribution is -0.131. The quantitative estimate of drug-likeness (QED) is 0.543. The Bertz CT molecular complexity index is 561. The minimum atomic E-state index is -0.595. The minimum Gasteiger partial charge on any atom is -0.389 e. The summed E-state index contributed by atoms with van der Waals surface area (Å²) >= 11 is 0. The fourth-order valence-electron chi connectivity index (χ4n) is 2.90. The highest BCUT2D eigenvalue weighted by molar-refractivity contribution is 6.23. The van der Waals surface area contributed by atoms with Gasteiger partial charge in [0.2, 0.25) is 6.29 Å². The molecule has 3 atom stereocenters. The summed E-state index contributed by atoms with van der Waals surface area (Å²) in [5, 5.41) is 15.7. The number of aliphatic hydroxyl groups is 1. The topological polar surface area (TPSA) is 87.7 Å². The Kier molecular flexibility index (Phi) is 3.90. The molecule has 2 aliphatic rings. The first-order valence-electron chi connectivity index (χ1n) is 7.09. The molecule has 21 heavy (non-hydrogen) atoms. The third-order valence-corrected chi connectivity index (χ3v) is 4.02. The van der Waals surface area contributed by atoms with Crippen LogP contribution in [0.1, 0.15) is 23.7 Å². The van der Waals surface area contributed by atoms with E-state index in [-0.39, 0.29) is 18.4 Å². The van der Waals surface area contributed by atoms with Crippen LogP contribution in [-0.2, 0) is 20.7 Å². The molecule has 0 aromatic heterocycles. The lowest BCUT2D eigenvalue weighted by Crippen LogP contribution is -2.46. The summed E-state index contributed by atoms with van der Waals surface area (Å²) in [7, 11) is 0. The zero-order valence-corrected chi connectivity index (χ0v) is 11.5. The number of hydrogen-bond acceptors (Lipinski definition) is 5. The molecule has 0 aliphatic carbocycles. The first-order chi connectivity index (χ1) is 10.2. The van der Waals surface area contributed by atoms with Crippen molar-refractivity contribution in [2.24, 2.45) is 0 Å². The van der Waals surface area contributed by atoms with E-state index in [9.17, 15) is 14.7 Å². The monoisotopic (exact) mass is 290 g/mol. The molecule has 112 valence electrons. The maximum Gasteiger partial charge on any atom is 0.284 e. The number of ether oxygens (including phenoxy) is 1. The van der Waals surface area contributed by atoms with Crippen molar-refractivity contribution in [2.75, 3.05) is 18.5 Å². The second-order valence-electron chi connectivity index (χ2n) is 5.46. The summed E-state index contributed by atoms with van der Waals surface area (Å²) in [6, 6.07) is 6.07. The van der Waals surface area contributed by atoms with Gasteiger partial charge in [0.15, 0.2) is 0 Å². The third kappa shape index (κ3) is 2.91. The number of carbonyl (C=O) groups is 2. The van der Waals surface area contributed by atoms with Crippen molar-refractivity contribution in [3.8, 4) is 0 Å². The summed E-state index contributed by atoms with van der Waals surface area (Å²) < 4.78 is 5.70. The standard InChI is InChI=1S/C15H18N2O4/c18-7-15(20)16-4-3-9-1-2-11-10(5-9)14-6-12(17-11)13(19)8-21-14/h1-2,5,7,12-14,17,19H,3-4,6,8H2,(H,16,20)/t12-,13+,14+/m0/s1. The number of fused-ring (bicyclic) bond motifs is 4. The maximum atomic E-state index is 10.9. The number of benzene rings is 1. The molecular formula is C15H18N2O4. The van der Waals surface area contributed by atoms with Gasteiger partial charge in [0.05, 0.1) is 24.9 Å². The van der Waals surface area contributed by atoms with Gasteiger partial charge in [0.1, 0.15) is 0 Å². The Balaban J connectivity index is 1.70. The van der Waals surface area contributed by atoms with Crippen LogP contribution in [0.25, 0.3) is 0 Å². The van der Waals surface area contributed by atoms with Crippen LogP contribution < -0.4 is 10.6 Å². The molecule has 0 spiro atoms. The molecule has 1 aromatic carbocycles. The number of nitrogens with one attached hydrogen (secondary N) is 2. The van der Waals surface area contributed by atoms with Crippen molar-refractivity contribution < 1.29 is 19.4 Å². The second kappa shape index (κ2) is 5.83. The number of anilines is 1. The number of rotatable bonds is 4. The van der Waals surface area contributed by atoms with E-state index in [1.807, 2.05) is 12.1 Å². The van der Waals surface area contributed by atoms with E-state index in [1.54, 1.807) is 0 Å². The lowest BCUT2D eigenvalue weighted by Gasteiger charge is -2.40. The van der Waals surface area contributed by atoms with Crippen molar-refractivity contribution in [2.45, 2.75) is 31.1 Å². The molecular weight excluding hydrogens is 272 g/mol. The molecule has 0 radical (unpaired) electrons. The van der Waals surface area contributed by atoms with Gasteiger partial charge in [0, 0.05) is 24.2 Å². The maximum absolute atomic E-state index is 10.9. The molecule has 2 heterocycles. The van der Waals surface area contributed by atoms with Gasteiger partial charge in [-0.25, -0.2) is 0 Å². The predicted molar refractivity (Wildman–Crippen MR) is 75.9 cm³/mol. The van der Waals surface area contributed by atoms with E-state index < -0.39 is 12.0 Å². The molecule has 6 nitrogen and oxygen atoms in total. The van der Waals surface area contributed by atoms with Crippen LogP contribution >= 0.6 is 0 Å². The van der Waals surface area contributed by atoms with Gasteiger partial charge >= 0.3 is 0 Å². The van der Waals surface area contributed by atoms with E-state index >= 15 is 0 Å². The van der Waals surface area contributed by atoms with Gasteiger partial charge in [-0.15, -0.1) is 0 Å². The van der Waals surface area contributed by atoms with Crippen LogP contribution in [0.2, 0.25) is 0 Å². The van der Waals surface area contributed by atoms with Crippen LogP contribution in [0.15, 0.2) is 18.2 Å². The number of aliphatic hydroxyl groups excluding tert-OH is 1. The Labute approximate surface area is 122 Å². The Morgan fingerprint density at radius 2 is 2.38 bits per heavy atom. The largest absolute Gasteiger partial charge is 0.389 e. The summed E-state index contributed by atoms with van der Waals surface area (Å²) in [6.07, 6.45) is 1.25. The van der Waals surface area contributed by atoms with E-state index in [2.05, 4.69) is 16.7 Å². The van der Waals surface area contributed by atoms with Crippen molar-refractivity contribution >= 4 is 17.9 Å². The van der Waals surface area contributed by atoms with Gasteiger partial charge in [0.25, 0.3) is 5.91 Å². The van der Waals surface area contributed by atoms with Crippen LogP contribution in [-0.4, -0.2) is 42.6 Å². The highest BCUT2D eigenvalue weighted by Gasteiger charge is 2.36. The average Bonchev–Trinajstić information content (AvgIpc) is 2.51. The molecule has 3 N–H and O–H groups in total. The zero-order valence-electron chi connectivity index (χ0n) is 11.5. The molecule has 3 rings (SSSR count). The first-order valence-corrected chi connectivity index (χ1v) is 7.09. The van der Waals surface area contributed by atoms with Crippen molar-refractivity contribution in [1.29, 1.82) is 0 Å². The predicted octanol–water partition coefficient (Wildman–Crippen LogP) is 0.161. The van der Waals surface area contributed by atoms with Gasteiger partial charge in [-0.2, -0.15) is 0 Å². The third-order valence-electron chi connectivity index (χ3n) is 4.02. The number of aldehydes is 1. The van der Waals surface area contributed by atoms with Crippen molar-refractivity contribution in [3.63, 3.8) is 0 Å². The highest BCUT2D eigenvalue weighted by atomic mass is 16.5. The SMILES string of the molecule is O=CC(=O)NCCc1ccc2c(c1)[C@H]1C[C@H](N2)[C@H](O)CO1. The Morgan fingerprint density at radius 1 is 1.52 bits per heavy atom. The second-order valence-corrected chi connectivity index (χ2v) is 5.46. The summed E-state index contributed by atoms with van der Waals surface area (Å²) in [6.45, 7) is 0.776. The molecule has 1 saturated heterocycles. The van der Waals surface area contributed by atoms with Gasteiger partial charge < -0.3 is 20.5 Å². The fourth-order valence-corrected chi connectivity index (χ4v) is 2.90. The Hall–Kier alpha value is -1.92. The molecule has 2 bridgehead atoms. The first kappa shape index (κ1) is 14.0. The van der Waals surface area contributed by atoms with Crippen LogP contribution in [0.4, 0.5) is 5.69 Å². The molecule has 0 saturated carbocycles. The fraction of sp³-hybridized carbons (Fsp3) is 0.467. The molecule has 0 unspecified atom stereocenters. The number of amides is 1. The smallest absolute Gasteiger partial charge is 0.284 e. The van der Waals surface area contributed by atoms with Crippen molar-refractivity contribution in [1.82, 2.24) is 5.32 Å². The van der Waals surface area contributed by atoms with Gasteiger partial charge in [-0.05, 0) is 18.1 Å². The molecule has 1 amide bonds. The van der Waals surface area contributed by atoms with E-state index in [1.165, 1.54) is 0 Å². The molecule has 2 aliphatic heterocycles. The minimum absolute atomic E-state index is 0.0131. The summed E-state index contributed by atoms with van der Waals surface area (Å²) in [5.41, 5.74) is 3.17. The number of hydrogen-bond donors (Lipinski definition) is 3. The molecule has 1 aromatic rings. The van der Waals surface area contributed by atoms with Gasteiger partial charge in [-0.3, -0.25) is 9.59 Å². The lowest BCUT2D eigenvalue weighted by atomic mass is 9.89. The molecule has 1 fully saturated rings. The normalized spacial score (nSPS) is 26.4.